The number of nitrogens with zero attached hydrogens (tertiary/aromatic N) is 2. The summed E-state index contributed by atoms with van der Waals surface area (Å²) < 4.78 is 0. The van der Waals surface area contributed by atoms with Gasteiger partial charge < -0.3 is 10.2 Å². The SMILES string of the molecule is CC(S)N1CC2CC(C1)N2C(=O)Nc1ccccc1. The van der Waals surface area contributed by atoms with Crippen LogP contribution in [0.2, 0.25) is 0 Å². The first-order chi connectivity index (χ1) is 9.15. The van der Waals surface area contributed by atoms with Gasteiger partial charge in [-0.05, 0) is 25.5 Å². The van der Waals surface area contributed by atoms with Gasteiger partial charge in [0.25, 0.3) is 0 Å². The van der Waals surface area contributed by atoms with Crippen LogP contribution in [0.25, 0.3) is 0 Å². The number of benzene rings is 1. The Labute approximate surface area is 119 Å². The maximum absolute atomic E-state index is 12.3. The van der Waals surface area contributed by atoms with Crippen LogP contribution in [0.5, 0.6) is 0 Å². The third-order valence-corrected chi connectivity index (χ3v) is 4.34. The first-order valence-corrected chi connectivity index (χ1v) is 7.23. The van der Waals surface area contributed by atoms with Crippen molar-refractivity contribution >= 4 is 24.3 Å². The van der Waals surface area contributed by atoms with Crippen LogP contribution in [-0.2, 0) is 0 Å². The number of rotatable bonds is 2. The molecule has 0 saturated carbocycles. The molecule has 3 aliphatic rings. The Balaban J connectivity index is 1.61. The number of anilines is 1. The number of hydrogen-bond donors (Lipinski definition) is 2. The third kappa shape index (κ3) is 2.44. The fourth-order valence-electron chi connectivity index (χ4n) is 2.99. The summed E-state index contributed by atoms with van der Waals surface area (Å²) in [4.78, 5) is 16.6. The fraction of sp³-hybridized carbons (Fsp3) is 0.500. The van der Waals surface area contributed by atoms with E-state index in [9.17, 15) is 4.79 Å². The fourth-order valence-corrected chi connectivity index (χ4v) is 3.18. The maximum Gasteiger partial charge on any atom is 0.322 e. The predicted octanol–water partition coefficient (Wildman–Crippen LogP) is 2.25. The largest absolute Gasteiger partial charge is 0.322 e. The molecule has 2 amide bonds. The predicted molar refractivity (Wildman–Crippen MR) is 79.5 cm³/mol. The lowest BCUT2D eigenvalue weighted by Crippen LogP contribution is -2.71. The number of thiol groups is 1. The quantitative estimate of drug-likeness (QED) is 0.813. The molecule has 0 radical (unpaired) electrons. The summed E-state index contributed by atoms with van der Waals surface area (Å²) >= 11 is 4.47. The average Bonchev–Trinajstić information content (AvgIpc) is 2.39. The molecule has 5 heteroatoms. The van der Waals surface area contributed by atoms with Gasteiger partial charge in [-0.1, -0.05) is 18.2 Å². The van der Waals surface area contributed by atoms with Gasteiger partial charge in [0.05, 0.1) is 5.37 Å². The molecule has 4 rings (SSSR count). The lowest BCUT2D eigenvalue weighted by molar-refractivity contribution is -0.0341. The van der Waals surface area contributed by atoms with E-state index < -0.39 is 0 Å². The maximum atomic E-state index is 12.3. The van der Waals surface area contributed by atoms with E-state index in [0.29, 0.717) is 12.1 Å². The van der Waals surface area contributed by atoms with E-state index in [-0.39, 0.29) is 11.4 Å². The molecule has 0 spiro atoms. The topological polar surface area (TPSA) is 35.6 Å². The number of hydrogen-bond acceptors (Lipinski definition) is 3. The zero-order valence-electron chi connectivity index (χ0n) is 11.0. The summed E-state index contributed by atoms with van der Waals surface area (Å²) in [6, 6.07) is 10.3. The number of para-hydroxylation sites is 1. The Hall–Kier alpha value is -1.20. The van der Waals surface area contributed by atoms with Crippen LogP contribution in [0, 0.1) is 0 Å². The standard InChI is InChI=1S/C14H19N3OS/c1-10(19)16-8-12-7-13(9-16)17(12)14(18)15-11-5-3-2-4-6-11/h2-6,10,12-13,19H,7-9H2,1H3,(H,15,18). The van der Waals surface area contributed by atoms with Gasteiger partial charge in [0, 0.05) is 30.9 Å². The van der Waals surface area contributed by atoms with E-state index in [1.165, 1.54) is 0 Å². The number of fused-ring (bicyclic) bond motifs is 2. The number of urea groups is 1. The van der Waals surface area contributed by atoms with Gasteiger partial charge in [-0.3, -0.25) is 4.90 Å². The smallest absolute Gasteiger partial charge is 0.316 e. The second-order valence-electron chi connectivity index (χ2n) is 5.33. The average molecular weight is 277 g/mol. The highest BCUT2D eigenvalue weighted by Crippen LogP contribution is 2.34. The molecule has 3 atom stereocenters. The molecular weight excluding hydrogens is 258 g/mol. The molecule has 1 N–H and O–H groups in total. The summed E-state index contributed by atoms with van der Waals surface area (Å²) in [6.45, 7) is 3.95. The zero-order valence-corrected chi connectivity index (χ0v) is 11.9. The van der Waals surface area contributed by atoms with Crippen molar-refractivity contribution in [2.24, 2.45) is 0 Å². The van der Waals surface area contributed by atoms with Gasteiger partial charge in [-0.2, -0.15) is 12.6 Å². The van der Waals surface area contributed by atoms with Crippen LogP contribution in [-0.4, -0.2) is 46.4 Å². The molecule has 3 fully saturated rings. The zero-order chi connectivity index (χ0) is 13.4. The molecule has 102 valence electrons. The Bertz CT molecular complexity index is 453. The minimum absolute atomic E-state index is 0.0268. The van der Waals surface area contributed by atoms with Gasteiger partial charge in [0.1, 0.15) is 0 Å². The molecule has 3 saturated heterocycles. The molecule has 1 aromatic carbocycles. The summed E-state index contributed by atoms with van der Waals surface area (Å²) in [6.07, 6.45) is 1.12. The highest BCUT2D eigenvalue weighted by Gasteiger charge is 2.47. The highest BCUT2D eigenvalue weighted by atomic mass is 32.1. The number of piperazine rings is 1. The number of nitrogens with one attached hydrogen (secondary N) is 1. The first-order valence-electron chi connectivity index (χ1n) is 6.71. The molecule has 0 aliphatic carbocycles. The number of carbonyl (C=O) groups excluding carboxylic acids is 1. The van der Waals surface area contributed by atoms with Crippen molar-refractivity contribution < 1.29 is 4.79 Å². The van der Waals surface area contributed by atoms with Crippen molar-refractivity contribution in [3.8, 4) is 0 Å². The lowest BCUT2D eigenvalue weighted by Gasteiger charge is -2.56. The number of amides is 2. The Morgan fingerprint density at radius 3 is 2.53 bits per heavy atom. The number of carbonyl (C=O) groups is 1. The molecule has 0 aromatic heterocycles. The normalized spacial score (nSPS) is 27.6. The number of piperidine rings is 1. The monoisotopic (exact) mass is 277 g/mol. The van der Waals surface area contributed by atoms with Crippen molar-refractivity contribution in [2.45, 2.75) is 30.8 Å². The molecule has 3 aliphatic heterocycles. The summed E-state index contributed by atoms with van der Waals surface area (Å²) in [5.41, 5.74) is 0.858. The molecular formula is C14H19N3OS. The van der Waals surface area contributed by atoms with Crippen molar-refractivity contribution in [1.82, 2.24) is 9.80 Å². The minimum Gasteiger partial charge on any atom is -0.316 e. The van der Waals surface area contributed by atoms with Crippen LogP contribution >= 0.6 is 12.6 Å². The highest BCUT2D eigenvalue weighted by molar-refractivity contribution is 7.80. The van der Waals surface area contributed by atoms with E-state index in [2.05, 4.69) is 29.8 Å². The summed E-state index contributed by atoms with van der Waals surface area (Å²) in [5, 5.41) is 3.23. The Morgan fingerprint density at radius 1 is 1.32 bits per heavy atom. The second kappa shape index (κ2) is 5.06. The Morgan fingerprint density at radius 2 is 1.95 bits per heavy atom. The molecule has 1 aromatic rings. The van der Waals surface area contributed by atoms with E-state index in [1.54, 1.807) is 0 Å². The van der Waals surface area contributed by atoms with Gasteiger partial charge in [0.15, 0.2) is 0 Å². The molecule has 2 bridgehead atoms. The summed E-state index contributed by atoms with van der Waals surface area (Å²) in [7, 11) is 0. The van der Waals surface area contributed by atoms with Crippen LogP contribution in [0.1, 0.15) is 13.3 Å². The van der Waals surface area contributed by atoms with Crippen molar-refractivity contribution in [2.75, 3.05) is 18.4 Å². The minimum atomic E-state index is 0.0268. The van der Waals surface area contributed by atoms with E-state index >= 15 is 0 Å². The van der Waals surface area contributed by atoms with Crippen molar-refractivity contribution in [3.63, 3.8) is 0 Å². The van der Waals surface area contributed by atoms with Gasteiger partial charge in [-0.15, -0.1) is 0 Å². The first kappa shape index (κ1) is 12.8. The van der Waals surface area contributed by atoms with Crippen LogP contribution in [0.4, 0.5) is 10.5 Å². The third-order valence-electron chi connectivity index (χ3n) is 4.01. The van der Waals surface area contributed by atoms with Crippen LogP contribution in [0.15, 0.2) is 30.3 Å². The van der Waals surface area contributed by atoms with Crippen molar-refractivity contribution in [3.05, 3.63) is 30.3 Å². The van der Waals surface area contributed by atoms with Gasteiger partial charge in [-0.25, -0.2) is 4.79 Å². The van der Waals surface area contributed by atoms with Crippen LogP contribution in [0.3, 0.4) is 0 Å². The molecule has 4 nitrogen and oxygen atoms in total. The van der Waals surface area contributed by atoms with Gasteiger partial charge >= 0.3 is 6.03 Å². The molecule has 3 heterocycles. The second-order valence-corrected chi connectivity index (χ2v) is 6.08. The molecule has 3 unspecified atom stereocenters. The molecule has 19 heavy (non-hydrogen) atoms. The summed E-state index contributed by atoms with van der Waals surface area (Å²) in [5.74, 6) is 0. The lowest BCUT2D eigenvalue weighted by atomic mass is 9.88. The van der Waals surface area contributed by atoms with Crippen molar-refractivity contribution in [1.29, 1.82) is 0 Å². The van der Waals surface area contributed by atoms with E-state index in [4.69, 9.17) is 0 Å². The Kier molecular flexibility index (Phi) is 3.41. The van der Waals surface area contributed by atoms with E-state index in [1.807, 2.05) is 35.2 Å². The van der Waals surface area contributed by atoms with E-state index in [0.717, 1.165) is 25.2 Å². The van der Waals surface area contributed by atoms with Crippen LogP contribution < -0.4 is 5.32 Å². The van der Waals surface area contributed by atoms with Gasteiger partial charge in [0.2, 0.25) is 0 Å².